The van der Waals surface area contributed by atoms with Crippen molar-refractivity contribution in [3.8, 4) is 5.75 Å². The van der Waals surface area contributed by atoms with Crippen molar-refractivity contribution in [2.45, 2.75) is 0 Å². The van der Waals surface area contributed by atoms with Gasteiger partial charge in [0.25, 0.3) is 5.56 Å². The number of rotatable bonds is 3. The van der Waals surface area contributed by atoms with Crippen LogP contribution in [0.25, 0.3) is 0 Å². The average Bonchev–Trinajstić information content (AvgIpc) is 2.58. The highest BCUT2D eigenvalue weighted by molar-refractivity contribution is 6.33. The van der Waals surface area contributed by atoms with Crippen LogP contribution in [0.5, 0.6) is 5.75 Å². The van der Waals surface area contributed by atoms with Crippen molar-refractivity contribution in [2.75, 3.05) is 43.1 Å². The maximum Gasteiger partial charge on any atom is 0.285 e. The van der Waals surface area contributed by atoms with Crippen molar-refractivity contribution in [2.24, 2.45) is 0 Å². The molecule has 0 spiro atoms. The zero-order valence-corrected chi connectivity index (χ0v) is 13.0. The lowest BCUT2D eigenvalue weighted by molar-refractivity contribution is 0.415. The Balaban J connectivity index is 1.69. The quantitative estimate of drug-likeness (QED) is 0.933. The van der Waals surface area contributed by atoms with Crippen LogP contribution >= 0.6 is 11.6 Å². The van der Waals surface area contributed by atoms with Crippen molar-refractivity contribution < 1.29 is 4.74 Å². The Kier molecular flexibility index (Phi) is 4.20. The molecule has 1 N–H and O–H groups in total. The summed E-state index contributed by atoms with van der Waals surface area (Å²) in [4.78, 5) is 15.9. The van der Waals surface area contributed by atoms with Gasteiger partial charge in [0.1, 0.15) is 10.8 Å². The van der Waals surface area contributed by atoms with Crippen LogP contribution in [-0.2, 0) is 0 Å². The molecule has 0 saturated carbocycles. The number of aromatic amines is 1. The molecule has 2 heterocycles. The number of aromatic nitrogens is 2. The molecule has 0 bridgehead atoms. The SMILES string of the molecule is COc1ccc(N2CCN(c3cn[nH]c(=O)c3Cl)CC2)cc1. The molecule has 22 heavy (non-hydrogen) atoms. The molecule has 0 unspecified atom stereocenters. The third kappa shape index (κ3) is 2.87. The standard InChI is InChI=1S/C15H17ClN4O2/c1-22-12-4-2-11(3-5-12)19-6-8-20(9-7-19)13-10-17-18-15(21)14(13)16/h2-5,10H,6-9H2,1H3,(H,18,21). The Morgan fingerprint density at radius 2 is 1.77 bits per heavy atom. The molecular weight excluding hydrogens is 304 g/mol. The molecule has 3 rings (SSSR count). The number of halogens is 1. The third-order valence-corrected chi connectivity index (χ3v) is 4.20. The minimum atomic E-state index is -0.350. The van der Waals surface area contributed by atoms with E-state index in [4.69, 9.17) is 16.3 Å². The molecule has 1 aromatic heterocycles. The summed E-state index contributed by atoms with van der Waals surface area (Å²) in [7, 11) is 1.66. The van der Waals surface area contributed by atoms with Crippen molar-refractivity contribution in [1.29, 1.82) is 0 Å². The molecule has 116 valence electrons. The van der Waals surface area contributed by atoms with Crippen LogP contribution in [0.2, 0.25) is 5.02 Å². The van der Waals surface area contributed by atoms with Gasteiger partial charge in [-0.05, 0) is 24.3 Å². The van der Waals surface area contributed by atoms with E-state index < -0.39 is 0 Å². The summed E-state index contributed by atoms with van der Waals surface area (Å²) in [5.41, 5.74) is 1.51. The molecule has 1 aromatic carbocycles. The Morgan fingerprint density at radius 3 is 2.41 bits per heavy atom. The maximum absolute atomic E-state index is 11.5. The van der Waals surface area contributed by atoms with E-state index in [2.05, 4.69) is 32.1 Å². The van der Waals surface area contributed by atoms with Gasteiger partial charge < -0.3 is 14.5 Å². The zero-order chi connectivity index (χ0) is 15.5. The van der Waals surface area contributed by atoms with Gasteiger partial charge in [0, 0.05) is 31.9 Å². The van der Waals surface area contributed by atoms with Crippen LogP contribution in [0.4, 0.5) is 11.4 Å². The van der Waals surface area contributed by atoms with Crippen LogP contribution in [0.3, 0.4) is 0 Å². The second kappa shape index (κ2) is 6.27. The Bertz CT molecular complexity index is 693. The van der Waals surface area contributed by atoms with Gasteiger partial charge >= 0.3 is 0 Å². The van der Waals surface area contributed by atoms with Crippen molar-refractivity contribution in [3.05, 3.63) is 45.8 Å². The lowest BCUT2D eigenvalue weighted by atomic mass is 10.2. The van der Waals surface area contributed by atoms with E-state index in [1.165, 1.54) is 0 Å². The van der Waals surface area contributed by atoms with Crippen LogP contribution in [0, 0.1) is 0 Å². The van der Waals surface area contributed by atoms with E-state index >= 15 is 0 Å². The van der Waals surface area contributed by atoms with Gasteiger partial charge in [-0.2, -0.15) is 5.10 Å². The van der Waals surface area contributed by atoms with E-state index in [-0.39, 0.29) is 10.6 Å². The van der Waals surface area contributed by atoms with Gasteiger partial charge in [0.15, 0.2) is 0 Å². The smallest absolute Gasteiger partial charge is 0.285 e. The number of benzene rings is 1. The Morgan fingerprint density at radius 1 is 1.14 bits per heavy atom. The molecule has 7 heteroatoms. The van der Waals surface area contributed by atoms with Crippen molar-refractivity contribution in [1.82, 2.24) is 10.2 Å². The number of ether oxygens (including phenoxy) is 1. The van der Waals surface area contributed by atoms with Crippen LogP contribution < -0.4 is 20.1 Å². The minimum Gasteiger partial charge on any atom is -0.497 e. The highest BCUT2D eigenvalue weighted by Gasteiger charge is 2.20. The highest BCUT2D eigenvalue weighted by Crippen LogP contribution is 2.24. The normalized spacial score (nSPS) is 15.0. The number of methoxy groups -OCH3 is 1. The molecule has 0 radical (unpaired) electrons. The van der Waals surface area contributed by atoms with Gasteiger partial charge in [-0.1, -0.05) is 11.6 Å². The molecule has 0 atom stereocenters. The minimum absolute atomic E-state index is 0.202. The molecule has 1 fully saturated rings. The van der Waals surface area contributed by atoms with E-state index in [0.29, 0.717) is 5.69 Å². The third-order valence-electron chi connectivity index (χ3n) is 3.84. The van der Waals surface area contributed by atoms with Crippen LogP contribution in [-0.4, -0.2) is 43.5 Å². The second-order valence-corrected chi connectivity index (χ2v) is 5.45. The number of nitrogens with one attached hydrogen (secondary N) is 1. The summed E-state index contributed by atoms with van der Waals surface area (Å²) in [6.45, 7) is 3.29. The average molecular weight is 321 g/mol. The fourth-order valence-corrected chi connectivity index (χ4v) is 2.80. The molecule has 0 amide bonds. The Labute approximate surface area is 133 Å². The van der Waals surface area contributed by atoms with Gasteiger partial charge in [-0.3, -0.25) is 4.79 Å². The summed E-state index contributed by atoms with van der Waals surface area (Å²) in [5.74, 6) is 0.851. The molecular formula is C15H17ClN4O2. The predicted octanol–water partition coefficient (Wildman–Crippen LogP) is 1.76. The van der Waals surface area contributed by atoms with Gasteiger partial charge in [0.2, 0.25) is 0 Å². The van der Waals surface area contributed by atoms with E-state index in [1.807, 2.05) is 12.1 Å². The fraction of sp³-hybridized carbons (Fsp3) is 0.333. The summed E-state index contributed by atoms with van der Waals surface area (Å²) in [6, 6.07) is 8.02. The van der Waals surface area contributed by atoms with Gasteiger partial charge in [-0.25, -0.2) is 5.10 Å². The number of H-pyrrole nitrogens is 1. The van der Waals surface area contributed by atoms with E-state index in [1.54, 1.807) is 13.3 Å². The molecule has 0 aliphatic carbocycles. The zero-order valence-electron chi connectivity index (χ0n) is 12.3. The van der Waals surface area contributed by atoms with E-state index in [9.17, 15) is 4.79 Å². The number of nitrogens with zero attached hydrogens (tertiary/aromatic N) is 3. The summed E-state index contributed by atoms with van der Waals surface area (Å²) in [6.07, 6.45) is 1.60. The summed E-state index contributed by atoms with van der Waals surface area (Å²) >= 11 is 6.06. The highest BCUT2D eigenvalue weighted by atomic mass is 35.5. The molecule has 1 aliphatic rings. The Hall–Kier alpha value is -2.21. The molecule has 6 nitrogen and oxygen atoms in total. The van der Waals surface area contributed by atoms with E-state index in [0.717, 1.165) is 37.6 Å². The first-order chi connectivity index (χ1) is 10.7. The van der Waals surface area contributed by atoms with Gasteiger partial charge in [0.05, 0.1) is 19.0 Å². The van der Waals surface area contributed by atoms with Crippen molar-refractivity contribution in [3.63, 3.8) is 0 Å². The number of hydrogen-bond acceptors (Lipinski definition) is 5. The van der Waals surface area contributed by atoms with Crippen LogP contribution in [0.1, 0.15) is 0 Å². The predicted molar refractivity (Wildman–Crippen MR) is 87.3 cm³/mol. The number of anilines is 2. The monoisotopic (exact) mass is 320 g/mol. The number of hydrogen-bond donors (Lipinski definition) is 1. The second-order valence-electron chi connectivity index (χ2n) is 5.07. The first-order valence-corrected chi connectivity index (χ1v) is 7.44. The number of piperazine rings is 1. The first-order valence-electron chi connectivity index (χ1n) is 7.06. The molecule has 1 saturated heterocycles. The maximum atomic E-state index is 11.5. The molecule has 1 aliphatic heterocycles. The topological polar surface area (TPSA) is 61.5 Å². The summed E-state index contributed by atoms with van der Waals surface area (Å²) < 4.78 is 5.17. The first kappa shape index (κ1) is 14.7. The van der Waals surface area contributed by atoms with Gasteiger partial charge in [-0.15, -0.1) is 0 Å². The lowest BCUT2D eigenvalue weighted by Crippen LogP contribution is -2.47. The lowest BCUT2D eigenvalue weighted by Gasteiger charge is -2.37. The fourth-order valence-electron chi connectivity index (χ4n) is 2.59. The largest absolute Gasteiger partial charge is 0.497 e. The molecule has 2 aromatic rings. The van der Waals surface area contributed by atoms with Crippen LogP contribution in [0.15, 0.2) is 35.3 Å². The van der Waals surface area contributed by atoms with Crippen molar-refractivity contribution >= 4 is 23.0 Å². The summed E-state index contributed by atoms with van der Waals surface area (Å²) in [5, 5.41) is 6.37.